The first-order valence-electron chi connectivity index (χ1n) is 9.75. The van der Waals surface area contributed by atoms with Crippen LogP contribution in [0.4, 0.5) is 0 Å². The van der Waals surface area contributed by atoms with Gasteiger partial charge in [-0.05, 0) is 6.42 Å². The lowest BCUT2D eigenvalue weighted by atomic mass is 9.88. The maximum Gasteiger partial charge on any atom is 0.330 e. The second kappa shape index (κ2) is 20.9. The van der Waals surface area contributed by atoms with Crippen molar-refractivity contribution in [2.24, 2.45) is 5.41 Å². The van der Waals surface area contributed by atoms with Crippen LogP contribution >= 0.6 is 0 Å². The highest BCUT2D eigenvalue weighted by Crippen LogP contribution is 2.24. The minimum atomic E-state index is -0.837. The number of carbonyl (C=O) groups is 3. The Kier molecular flexibility index (Phi) is 20.2. The van der Waals surface area contributed by atoms with Crippen LogP contribution in [0.2, 0.25) is 0 Å². The Labute approximate surface area is 189 Å². The Balaban J connectivity index is 0. The summed E-state index contributed by atoms with van der Waals surface area (Å²) in [5, 5.41) is 0. The average molecular weight is 455 g/mol. The van der Waals surface area contributed by atoms with Gasteiger partial charge in [0.2, 0.25) is 0 Å². The lowest BCUT2D eigenvalue weighted by Crippen LogP contribution is -2.38. The summed E-state index contributed by atoms with van der Waals surface area (Å²) in [5.74, 6) is -1.84. The van der Waals surface area contributed by atoms with Crippen LogP contribution < -0.4 is 0 Å². The quantitative estimate of drug-likeness (QED) is 0.102. The predicted octanol–water partition coefficient (Wildman–Crippen LogP) is 2.89. The van der Waals surface area contributed by atoms with Crippen molar-refractivity contribution in [3.05, 3.63) is 63.6 Å². The van der Waals surface area contributed by atoms with E-state index < -0.39 is 23.3 Å². The molecule has 0 saturated heterocycles. The molecular weight excluding hydrogens is 420 g/mol. The molecule has 0 spiro atoms. The van der Waals surface area contributed by atoms with Crippen LogP contribution in [0.5, 0.6) is 0 Å². The summed E-state index contributed by atoms with van der Waals surface area (Å²) < 4.78 is 29.7. The van der Waals surface area contributed by atoms with E-state index in [1.165, 1.54) is 12.5 Å². The Morgan fingerprint density at radius 3 is 1.25 bits per heavy atom. The van der Waals surface area contributed by atoms with Crippen LogP contribution in [0.1, 0.15) is 13.3 Å². The van der Waals surface area contributed by atoms with Crippen LogP contribution in [0.15, 0.2) is 63.6 Å². The Morgan fingerprint density at radius 2 is 1.00 bits per heavy atom. The molecule has 0 unspecified atom stereocenters. The summed E-state index contributed by atoms with van der Waals surface area (Å²) in [6.07, 6.45) is 6.29. The second-order valence-corrected chi connectivity index (χ2v) is 5.98. The van der Waals surface area contributed by atoms with Crippen LogP contribution in [-0.2, 0) is 42.8 Å². The number of rotatable bonds is 18. The van der Waals surface area contributed by atoms with E-state index in [1.54, 1.807) is 6.92 Å². The van der Waals surface area contributed by atoms with E-state index in [9.17, 15) is 14.4 Å². The van der Waals surface area contributed by atoms with Gasteiger partial charge in [0.05, 0.1) is 31.2 Å². The molecule has 0 aromatic rings. The topological polar surface area (TPSA) is 107 Å². The van der Waals surface area contributed by atoms with E-state index >= 15 is 0 Å². The van der Waals surface area contributed by atoms with Crippen LogP contribution in [0.3, 0.4) is 0 Å². The molecule has 9 heteroatoms. The molecule has 0 atom stereocenters. The van der Waals surface area contributed by atoms with E-state index in [0.29, 0.717) is 32.8 Å². The van der Waals surface area contributed by atoms with Gasteiger partial charge in [0, 0.05) is 18.2 Å². The molecule has 180 valence electrons. The van der Waals surface area contributed by atoms with Gasteiger partial charge in [-0.1, -0.05) is 39.8 Å². The summed E-state index contributed by atoms with van der Waals surface area (Å²) in [7, 11) is 0. The molecule has 0 aliphatic heterocycles. The normalized spacial score (nSPS) is 9.66. The summed E-state index contributed by atoms with van der Waals surface area (Å²) in [6.45, 7) is 20.4. The summed E-state index contributed by atoms with van der Waals surface area (Å²) in [4.78, 5) is 33.5. The minimum Gasteiger partial charge on any atom is -0.499 e. The van der Waals surface area contributed by atoms with Crippen molar-refractivity contribution in [1.29, 1.82) is 0 Å². The smallest absolute Gasteiger partial charge is 0.330 e. The predicted molar refractivity (Wildman–Crippen MR) is 119 cm³/mol. The fraction of sp³-hybridized carbons (Fsp3) is 0.435. The molecule has 0 heterocycles. The SMILES string of the molecule is C=CC(=O)OCC(CC)(COC(=O)C=C)COC(=O)C=C.C=COCCOCCOC=C. The number of hydrogen-bond donors (Lipinski definition) is 0. The van der Waals surface area contributed by atoms with Gasteiger partial charge >= 0.3 is 17.9 Å². The van der Waals surface area contributed by atoms with Crippen molar-refractivity contribution in [2.45, 2.75) is 13.3 Å². The van der Waals surface area contributed by atoms with Crippen LogP contribution in [0.25, 0.3) is 0 Å². The molecule has 0 N–H and O–H groups in total. The molecule has 0 radical (unpaired) electrons. The highest BCUT2D eigenvalue weighted by atomic mass is 16.6. The van der Waals surface area contributed by atoms with Crippen molar-refractivity contribution >= 4 is 17.9 Å². The number of ether oxygens (including phenoxy) is 6. The van der Waals surface area contributed by atoms with Crippen molar-refractivity contribution in [2.75, 3.05) is 46.2 Å². The fourth-order valence-corrected chi connectivity index (χ4v) is 1.76. The standard InChI is InChI=1S/C15H20O6.C8H14O3/c1-5-12(16)19-9-15(8-4,10-20-13(17)6-2)11-21-14(18)7-3;1-3-9-5-7-11-8-6-10-4-2/h5-7H,1-3,8-11H2,4H3;3-4H,1-2,5-8H2. The zero-order valence-electron chi connectivity index (χ0n) is 18.8. The highest BCUT2D eigenvalue weighted by molar-refractivity contribution is 5.82. The van der Waals surface area contributed by atoms with Crippen molar-refractivity contribution in [3.8, 4) is 0 Å². The first kappa shape index (κ1) is 30.9. The lowest BCUT2D eigenvalue weighted by Gasteiger charge is -2.30. The monoisotopic (exact) mass is 454 g/mol. The molecule has 0 rings (SSSR count). The molecule has 0 saturated carbocycles. The average Bonchev–Trinajstić information content (AvgIpc) is 2.82. The summed E-state index contributed by atoms with van der Waals surface area (Å²) in [6, 6.07) is 0. The Hall–Kier alpha value is -3.33. The van der Waals surface area contributed by atoms with Gasteiger partial charge < -0.3 is 28.4 Å². The van der Waals surface area contributed by atoms with Crippen molar-refractivity contribution in [1.82, 2.24) is 0 Å². The first-order valence-corrected chi connectivity index (χ1v) is 9.75. The third-order valence-corrected chi connectivity index (χ3v) is 3.74. The fourth-order valence-electron chi connectivity index (χ4n) is 1.76. The van der Waals surface area contributed by atoms with Crippen molar-refractivity contribution in [3.63, 3.8) is 0 Å². The zero-order valence-corrected chi connectivity index (χ0v) is 18.8. The first-order chi connectivity index (χ1) is 15.3. The molecule has 0 aromatic carbocycles. The second-order valence-electron chi connectivity index (χ2n) is 5.98. The van der Waals surface area contributed by atoms with E-state index in [4.69, 9.17) is 28.4 Å². The zero-order chi connectivity index (χ0) is 24.7. The van der Waals surface area contributed by atoms with Crippen LogP contribution in [-0.4, -0.2) is 64.2 Å². The van der Waals surface area contributed by atoms with E-state index in [1.807, 2.05) is 0 Å². The maximum atomic E-state index is 11.2. The van der Waals surface area contributed by atoms with Crippen LogP contribution in [0, 0.1) is 5.41 Å². The largest absolute Gasteiger partial charge is 0.499 e. The molecule has 0 fully saturated rings. The highest BCUT2D eigenvalue weighted by Gasteiger charge is 2.33. The van der Waals surface area contributed by atoms with Gasteiger partial charge in [-0.3, -0.25) is 0 Å². The molecule has 0 aliphatic carbocycles. The lowest BCUT2D eigenvalue weighted by molar-refractivity contribution is -0.156. The molecule has 0 aromatic heterocycles. The Bertz CT molecular complexity index is 539. The third kappa shape index (κ3) is 17.5. The molecule has 0 bridgehead atoms. The molecular formula is C23H34O9. The summed E-state index contributed by atoms with van der Waals surface area (Å²) in [5.41, 5.74) is -0.837. The van der Waals surface area contributed by atoms with E-state index in [2.05, 4.69) is 32.9 Å². The van der Waals surface area contributed by atoms with Gasteiger partial charge in [-0.15, -0.1) is 0 Å². The molecule has 9 nitrogen and oxygen atoms in total. The molecule has 0 amide bonds. The summed E-state index contributed by atoms with van der Waals surface area (Å²) >= 11 is 0. The Morgan fingerprint density at radius 1 is 0.656 bits per heavy atom. The van der Waals surface area contributed by atoms with Gasteiger partial charge in [0.1, 0.15) is 33.0 Å². The molecule has 32 heavy (non-hydrogen) atoms. The number of hydrogen-bond acceptors (Lipinski definition) is 9. The van der Waals surface area contributed by atoms with E-state index in [0.717, 1.165) is 18.2 Å². The van der Waals surface area contributed by atoms with Gasteiger partial charge in [-0.2, -0.15) is 0 Å². The number of carbonyl (C=O) groups excluding carboxylic acids is 3. The third-order valence-electron chi connectivity index (χ3n) is 3.74. The van der Waals surface area contributed by atoms with Gasteiger partial charge in [0.15, 0.2) is 0 Å². The van der Waals surface area contributed by atoms with Gasteiger partial charge in [0.25, 0.3) is 0 Å². The minimum absolute atomic E-state index is 0.0802. The maximum absolute atomic E-state index is 11.2. The van der Waals surface area contributed by atoms with Gasteiger partial charge in [-0.25, -0.2) is 14.4 Å². The van der Waals surface area contributed by atoms with E-state index in [-0.39, 0.29) is 19.8 Å². The van der Waals surface area contributed by atoms with Crippen molar-refractivity contribution < 1.29 is 42.8 Å². The molecule has 0 aliphatic rings. The number of esters is 3.